The lowest BCUT2D eigenvalue weighted by Gasteiger charge is -2.20. The van der Waals surface area contributed by atoms with Gasteiger partial charge in [0, 0.05) is 10.5 Å². The van der Waals surface area contributed by atoms with Crippen molar-refractivity contribution in [1.82, 2.24) is 0 Å². The average molecular weight is 217 g/mol. The Morgan fingerprint density at radius 1 is 1.29 bits per heavy atom. The van der Waals surface area contributed by atoms with Crippen LogP contribution in [0.1, 0.15) is 12.5 Å². The van der Waals surface area contributed by atoms with E-state index < -0.39 is 12.0 Å². The lowest BCUT2D eigenvalue weighted by Crippen LogP contribution is -2.35. The molecule has 1 nitrogen and oxygen atoms in total. The van der Waals surface area contributed by atoms with Gasteiger partial charge in [-0.15, -0.1) is 11.8 Å². The second kappa shape index (κ2) is 4.28. The largest absolute Gasteiger partial charge is 0.323 e. The number of hydrogen-bond acceptors (Lipinski definition) is 2. The van der Waals surface area contributed by atoms with Gasteiger partial charge in [0.1, 0.15) is 0 Å². The second-order valence-corrected chi connectivity index (χ2v) is 4.02. The highest BCUT2D eigenvalue weighted by Crippen LogP contribution is 2.31. The van der Waals surface area contributed by atoms with Crippen LogP contribution in [0.3, 0.4) is 0 Å². The van der Waals surface area contributed by atoms with E-state index in [1.807, 2.05) is 6.26 Å². The number of nitrogens with two attached hydrogens (primary N) is 1. The van der Waals surface area contributed by atoms with Crippen molar-refractivity contribution >= 4 is 11.8 Å². The number of hydrogen-bond donors (Lipinski definition) is 1. The van der Waals surface area contributed by atoms with Crippen LogP contribution in [0.15, 0.2) is 29.2 Å². The average Bonchev–Trinajstić information content (AvgIpc) is 2.17. The molecule has 14 heavy (non-hydrogen) atoms. The van der Waals surface area contributed by atoms with Crippen LogP contribution in [0.4, 0.5) is 8.78 Å². The van der Waals surface area contributed by atoms with Gasteiger partial charge in [0.15, 0.2) is 0 Å². The van der Waals surface area contributed by atoms with Crippen molar-refractivity contribution in [2.75, 3.05) is 6.26 Å². The molecule has 1 unspecified atom stereocenters. The first-order valence-electron chi connectivity index (χ1n) is 4.26. The molecule has 1 rings (SSSR count). The van der Waals surface area contributed by atoms with Gasteiger partial charge in [0.2, 0.25) is 0 Å². The zero-order chi connectivity index (χ0) is 10.8. The summed E-state index contributed by atoms with van der Waals surface area (Å²) in [4.78, 5) is 0.967. The van der Waals surface area contributed by atoms with Crippen LogP contribution in [-0.4, -0.2) is 12.3 Å². The van der Waals surface area contributed by atoms with E-state index >= 15 is 0 Å². The molecular formula is C10H13F2NS. The van der Waals surface area contributed by atoms with Crippen LogP contribution in [0.5, 0.6) is 0 Å². The summed E-state index contributed by atoms with van der Waals surface area (Å²) in [6.45, 7) is 1.31. The van der Waals surface area contributed by atoms with E-state index in [1.165, 1.54) is 30.8 Å². The summed E-state index contributed by atoms with van der Waals surface area (Å²) >= 11 is 1.52. The van der Waals surface area contributed by atoms with E-state index in [-0.39, 0.29) is 5.56 Å². The topological polar surface area (TPSA) is 26.0 Å². The Balaban J connectivity index is 2.97. The number of halogens is 2. The predicted octanol–water partition coefficient (Wildman–Crippen LogP) is 2.85. The Morgan fingerprint density at radius 3 is 2.14 bits per heavy atom. The molecule has 0 saturated carbocycles. The molecule has 78 valence electrons. The highest BCUT2D eigenvalue weighted by Gasteiger charge is 2.35. The first-order valence-corrected chi connectivity index (χ1v) is 5.49. The van der Waals surface area contributed by atoms with E-state index in [0.29, 0.717) is 0 Å². The van der Waals surface area contributed by atoms with Crippen molar-refractivity contribution in [1.29, 1.82) is 0 Å². The summed E-state index contributed by atoms with van der Waals surface area (Å²) in [5.74, 6) is -2.95. The lowest BCUT2D eigenvalue weighted by molar-refractivity contribution is -0.0256. The molecule has 1 atom stereocenters. The van der Waals surface area contributed by atoms with Crippen LogP contribution >= 0.6 is 11.8 Å². The van der Waals surface area contributed by atoms with Crippen molar-refractivity contribution < 1.29 is 8.78 Å². The summed E-state index contributed by atoms with van der Waals surface area (Å²) in [7, 11) is 0. The van der Waals surface area contributed by atoms with Crippen LogP contribution in [0.2, 0.25) is 0 Å². The van der Waals surface area contributed by atoms with Gasteiger partial charge in [-0.2, -0.15) is 8.78 Å². The fourth-order valence-corrected chi connectivity index (χ4v) is 1.48. The molecule has 0 spiro atoms. The number of alkyl halides is 2. The smallest absolute Gasteiger partial charge is 0.287 e. The third kappa shape index (κ3) is 2.25. The third-order valence-corrected chi connectivity index (χ3v) is 2.79. The lowest BCUT2D eigenvalue weighted by atomic mass is 10.0. The molecule has 0 aliphatic rings. The summed E-state index contributed by atoms with van der Waals surface area (Å²) in [6, 6.07) is 5.04. The fourth-order valence-electron chi connectivity index (χ4n) is 1.08. The van der Waals surface area contributed by atoms with E-state index in [0.717, 1.165) is 4.90 Å². The maximum atomic E-state index is 13.4. The van der Waals surface area contributed by atoms with Crippen LogP contribution in [-0.2, 0) is 5.92 Å². The van der Waals surface area contributed by atoms with E-state index in [1.54, 1.807) is 12.1 Å². The molecule has 4 heteroatoms. The fraction of sp³-hybridized carbons (Fsp3) is 0.400. The molecule has 1 aromatic rings. The molecule has 0 saturated heterocycles. The molecule has 0 radical (unpaired) electrons. The first kappa shape index (κ1) is 11.5. The van der Waals surface area contributed by atoms with Crippen molar-refractivity contribution in [2.45, 2.75) is 23.8 Å². The predicted molar refractivity (Wildman–Crippen MR) is 55.8 cm³/mol. The van der Waals surface area contributed by atoms with Crippen molar-refractivity contribution in [3.63, 3.8) is 0 Å². The Morgan fingerprint density at radius 2 is 1.79 bits per heavy atom. The Bertz CT molecular complexity index is 295. The van der Waals surface area contributed by atoms with Crippen molar-refractivity contribution in [3.05, 3.63) is 29.8 Å². The van der Waals surface area contributed by atoms with E-state index in [2.05, 4.69) is 0 Å². The number of benzene rings is 1. The molecular weight excluding hydrogens is 204 g/mol. The van der Waals surface area contributed by atoms with Crippen LogP contribution < -0.4 is 5.73 Å². The summed E-state index contributed by atoms with van der Waals surface area (Å²) in [5, 5.41) is 0. The normalized spacial score (nSPS) is 14.1. The molecule has 2 N–H and O–H groups in total. The van der Waals surface area contributed by atoms with Crippen molar-refractivity contribution in [3.8, 4) is 0 Å². The highest BCUT2D eigenvalue weighted by atomic mass is 32.2. The quantitative estimate of drug-likeness (QED) is 0.788. The summed E-state index contributed by atoms with van der Waals surface area (Å²) in [6.07, 6.45) is 1.90. The molecule has 0 fully saturated rings. The minimum absolute atomic E-state index is 0.0229. The molecule has 0 aliphatic heterocycles. The first-order chi connectivity index (χ1) is 6.48. The Hall–Kier alpha value is -0.610. The zero-order valence-electron chi connectivity index (χ0n) is 8.13. The number of thioether (sulfide) groups is 1. The third-order valence-electron chi connectivity index (χ3n) is 2.05. The minimum Gasteiger partial charge on any atom is -0.323 e. The minimum atomic E-state index is -2.95. The standard InChI is InChI=1S/C10H13F2NS/c1-7(13)10(11,12)8-3-5-9(14-2)6-4-8/h3-7H,13H2,1-2H3. The van der Waals surface area contributed by atoms with E-state index in [9.17, 15) is 8.78 Å². The van der Waals surface area contributed by atoms with Crippen LogP contribution in [0, 0.1) is 0 Å². The Kier molecular flexibility index (Phi) is 3.50. The maximum Gasteiger partial charge on any atom is 0.287 e. The summed E-state index contributed by atoms with van der Waals surface area (Å²) in [5.41, 5.74) is 5.19. The second-order valence-electron chi connectivity index (χ2n) is 3.14. The van der Waals surface area contributed by atoms with Gasteiger partial charge in [0.25, 0.3) is 5.92 Å². The molecule has 1 aromatic carbocycles. The molecule has 0 bridgehead atoms. The van der Waals surface area contributed by atoms with Gasteiger partial charge in [-0.25, -0.2) is 0 Å². The van der Waals surface area contributed by atoms with Gasteiger partial charge in [-0.1, -0.05) is 12.1 Å². The highest BCUT2D eigenvalue weighted by molar-refractivity contribution is 7.98. The van der Waals surface area contributed by atoms with Gasteiger partial charge < -0.3 is 5.73 Å². The molecule has 0 aromatic heterocycles. The SMILES string of the molecule is CSc1ccc(C(F)(F)C(C)N)cc1. The van der Waals surface area contributed by atoms with Crippen LogP contribution in [0.25, 0.3) is 0 Å². The number of rotatable bonds is 3. The van der Waals surface area contributed by atoms with Gasteiger partial charge in [-0.05, 0) is 25.3 Å². The van der Waals surface area contributed by atoms with Gasteiger partial charge in [-0.3, -0.25) is 0 Å². The maximum absolute atomic E-state index is 13.4. The molecule has 0 aliphatic carbocycles. The van der Waals surface area contributed by atoms with E-state index in [4.69, 9.17) is 5.73 Å². The van der Waals surface area contributed by atoms with Crippen molar-refractivity contribution in [2.24, 2.45) is 5.73 Å². The zero-order valence-corrected chi connectivity index (χ0v) is 8.94. The summed E-state index contributed by atoms with van der Waals surface area (Å²) < 4.78 is 26.8. The van der Waals surface area contributed by atoms with Gasteiger partial charge in [0.05, 0.1) is 6.04 Å². The van der Waals surface area contributed by atoms with Gasteiger partial charge >= 0.3 is 0 Å². The molecule has 0 heterocycles. The Labute approximate surface area is 86.7 Å². The monoisotopic (exact) mass is 217 g/mol. The molecule has 0 amide bonds.